The Morgan fingerprint density at radius 2 is 2.15 bits per heavy atom. The normalized spacial score (nSPS) is 22.9. The third kappa shape index (κ3) is 3.21. The summed E-state index contributed by atoms with van der Waals surface area (Å²) >= 11 is 0. The number of benzene rings is 1. The van der Waals surface area contributed by atoms with E-state index in [0.29, 0.717) is 24.2 Å². The highest BCUT2D eigenvalue weighted by Gasteiger charge is 2.40. The summed E-state index contributed by atoms with van der Waals surface area (Å²) in [5.74, 6) is 0. The number of halogens is 1. The number of amides is 1. The number of likely N-dealkylation sites (tertiary alicyclic amines) is 1. The molecule has 2 rings (SSSR count). The van der Waals surface area contributed by atoms with Crippen LogP contribution in [-0.2, 0) is 4.74 Å². The van der Waals surface area contributed by atoms with Gasteiger partial charge in [0.15, 0.2) is 0 Å². The number of alkyl halides is 1. The molecule has 0 spiro atoms. The number of hydrogen-bond donors (Lipinski definition) is 1. The average molecular weight is 280 g/mol. The van der Waals surface area contributed by atoms with Gasteiger partial charge in [0.25, 0.3) is 0 Å². The van der Waals surface area contributed by atoms with Crippen molar-refractivity contribution in [3.63, 3.8) is 0 Å². The van der Waals surface area contributed by atoms with Crippen molar-refractivity contribution in [3.05, 3.63) is 29.8 Å². The highest BCUT2D eigenvalue weighted by Crippen LogP contribution is 2.36. The lowest BCUT2D eigenvalue weighted by Crippen LogP contribution is -2.37. The molecule has 20 heavy (non-hydrogen) atoms. The van der Waals surface area contributed by atoms with E-state index in [4.69, 9.17) is 10.5 Å². The monoisotopic (exact) mass is 280 g/mol. The molecule has 2 unspecified atom stereocenters. The Bertz CT molecular complexity index is 499. The van der Waals surface area contributed by atoms with E-state index in [1.54, 1.807) is 45.0 Å². The lowest BCUT2D eigenvalue weighted by atomic mass is 10.0. The third-order valence-electron chi connectivity index (χ3n) is 3.20. The Kier molecular flexibility index (Phi) is 3.88. The standard InChI is InChI=1S/C15H21FN2O2/c1-15(2,3)20-14(19)18-8-7-12(16)13(18)10-5-4-6-11(17)9-10/h4-6,9,12-13H,7-8,17H2,1-3H3. The van der Waals surface area contributed by atoms with Crippen molar-refractivity contribution in [2.45, 2.75) is 45.0 Å². The fourth-order valence-corrected chi connectivity index (χ4v) is 2.41. The number of carbonyl (C=O) groups is 1. The predicted molar refractivity (Wildman–Crippen MR) is 76.0 cm³/mol. The molecule has 5 heteroatoms. The van der Waals surface area contributed by atoms with Crippen molar-refractivity contribution < 1.29 is 13.9 Å². The van der Waals surface area contributed by atoms with Gasteiger partial charge in [0.2, 0.25) is 0 Å². The van der Waals surface area contributed by atoms with Gasteiger partial charge in [-0.2, -0.15) is 0 Å². The van der Waals surface area contributed by atoms with Crippen LogP contribution in [0.3, 0.4) is 0 Å². The molecule has 4 nitrogen and oxygen atoms in total. The van der Waals surface area contributed by atoms with Gasteiger partial charge in [-0.1, -0.05) is 12.1 Å². The summed E-state index contributed by atoms with van der Waals surface area (Å²) in [6.07, 6.45) is -1.26. The zero-order valence-electron chi connectivity index (χ0n) is 12.1. The number of ether oxygens (including phenoxy) is 1. The second-order valence-corrected chi connectivity index (χ2v) is 6.09. The Balaban J connectivity index is 2.23. The van der Waals surface area contributed by atoms with E-state index in [1.807, 2.05) is 0 Å². The number of carbonyl (C=O) groups excluding carboxylic acids is 1. The number of rotatable bonds is 1. The smallest absolute Gasteiger partial charge is 0.410 e. The van der Waals surface area contributed by atoms with Crippen molar-refractivity contribution in [3.8, 4) is 0 Å². The first-order valence-electron chi connectivity index (χ1n) is 6.77. The molecule has 0 saturated carbocycles. The Morgan fingerprint density at radius 3 is 2.75 bits per heavy atom. The predicted octanol–water partition coefficient (Wildman–Crippen LogP) is 3.29. The molecule has 0 radical (unpaired) electrons. The van der Waals surface area contributed by atoms with E-state index >= 15 is 0 Å². The fourth-order valence-electron chi connectivity index (χ4n) is 2.41. The minimum atomic E-state index is -1.09. The van der Waals surface area contributed by atoms with Crippen LogP contribution in [0.2, 0.25) is 0 Å². The van der Waals surface area contributed by atoms with Crippen molar-refractivity contribution in [2.24, 2.45) is 0 Å². The van der Waals surface area contributed by atoms with E-state index in [-0.39, 0.29) is 0 Å². The number of nitrogens with zero attached hydrogens (tertiary/aromatic N) is 1. The first kappa shape index (κ1) is 14.6. The second-order valence-electron chi connectivity index (χ2n) is 6.09. The maximum absolute atomic E-state index is 14.2. The van der Waals surface area contributed by atoms with Gasteiger partial charge in [0.05, 0.1) is 6.04 Å². The van der Waals surface area contributed by atoms with Crippen molar-refractivity contribution >= 4 is 11.8 Å². The van der Waals surface area contributed by atoms with Crippen LogP contribution < -0.4 is 5.73 Å². The largest absolute Gasteiger partial charge is 0.444 e. The summed E-state index contributed by atoms with van der Waals surface area (Å²) in [6, 6.07) is 6.39. The SMILES string of the molecule is CC(C)(C)OC(=O)N1CCC(F)C1c1cccc(N)c1. The van der Waals surface area contributed by atoms with Crippen LogP contribution in [-0.4, -0.2) is 29.3 Å². The molecule has 1 aromatic carbocycles. The molecular weight excluding hydrogens is 259 g/mol. The quantitative estimate of drug-likeness (QED) is 0.803. The fraction of sp³-hybridized carbons (Fsp3) is 0.533. The van der Waals surface area contributed by atoms with Gasteiger partial charge in [0, 0.05) is 12.2 Å². The molecule has 2 N–H and O–H groups in total. The zero-order valence-corrected chi connectivity index (χ0v) is 12.1. The molecule has 1 aliphatic heterocycles. The van der Waals surface area contributed by atoms with Crippen molar-refractivity contribution in [1.82, 2.24) is 4.90 Å². The molecule has 1 amide bonds. The van der Waals surface area contributed by atoms with Crippen molar-refractivity contribution in [1.29, 1.82) is 0 Å². The van der Waals surface area contributed by atoms with Crippen molar-refractivity contribution in [2.75, 3.05) is 12.3 Å². The van der Waals surface area contributed by atoms with Crippen LogP contribution in [0.4, 0.5) is 14.9 Å². The lowest BCUT2D eigenvalue weighted by molar-refractivity contribution is 0.0194. The van der Waals surface area contributed by atoms with E-state index in [9.17, 15) is 9.18 Å². The molecule has 1 fully saturated rings. The van der Waals surface area contributed by atoms with Crippen LogP contribution in [0.5, 0.6) is 0 Å². The number of nitrogen functional groups attached to an aromatic ring is 1. The first-order chi connectivity index (χ1) is 9.28. The van der Waals surface area contributed by atoms with E-state index in [1.165, 1.54) is 4.90 Å². The Morgan fingerprint density at radius 1 is 1.45 bits per heavy atom. The van der Waals surface area contributed by atoms with Gasteiger partial charge in [-0.05, 0) is 44.9 Å². The van der Waals surface area contributed by atoms with Crippen LogP contribution in [0.15, 0.2) is 24.3 Å². The minimum absolute atomic E-state index is 0.318. The molecule has 0 bridgehead atoms. The van der Waals surface area contributed by atoms with Crippen LogP contribution in [0.25, 0.3) is 0 Å². The third-order valence-corrected chi connectivity index (χ3v) is 3.20. The number of nitrogens with two attached hydrogens (primary N) is 1. The number of hydrogen-bond acceptors (Lipinski definition) is 3. The van der Waals surface area contributed by atoms with Crippen LogP contribution >= 0.6 is 0 Å². The molecule has 1 aromatic rings. The highest BCUT2D eigenvalue weighted by molar-refractivity contribution is 5.69. The maximum Gasteiger partial charge on any atom is 0.410 e. The van der Waals surface area contributed by atoms with E-state index < -0.39 is 23.9 Å². The van der Waals surface area contributed by atoms with Crippen LogP contribution in [0, 0.1) is 0 Å². The Labute approximate surface area is 118 Å². The molecule has 110 valence electrons. The summed E-state index contributed by atoms with van der Waals surface area (Å²) in [5.41, 5.74) is 6.42. The van der Waals surface area contributed by atoms with Gasteiger partial charge in [-0.25, -0.2) is 9.18 Å². The minimum Gasteiger partial charge on any atom is -0.444 e. The average Bonchev–Trinajstić information content (AvgIpc) is 2.69. The summed E-state index contributed by atoms with van der Waals surface area (Å²) in [7, 11) is 0. The van der Waals surface area contributed by atoms with E-state index in [2.05, 4.69) is 0 Å². The molecule has 2 atom stereocenters. The molecule has 1 heterocycles. The first-order valence-corrected chi connectivity index (χ1v) is 6.77. The summed E-state index contributed by atoms with van der Waals surface area (Å²) in [4.78, 5) is 13.6. The summed E-state index contributed by atoms with van der Waals surface area (Å²) in [6.45, 7) is 5.74. The molecule has 0 aliphatic carbocycles. The molecule has 1 saturated heterocycles. The zero-order chi connectivity index (χ0) is 14.9. The lowest BCUT2D eigenvalue weighted by Gasteiger charge is -2.29. The van der Waals surface area contributed by atoms with Crippen LogP contribution in [0.1, 0.15) is 38.8 Å². The van der Waals surface area contributed by atoms with Gasteiger partial charge >= 0.3 is 6.09 Å². The number of anilines is 1. The molecule has 0 aromatic heterocycles. The van der Waals surface area contributed by atoms with E-state index in [0.717, 1.165) is 0 Å². The summed E-state index contributed by atoms with van der Waals surface area (Å²) in [5, 5.41) is 0. The Hall–Kier alpha value is -1.78. The topological polar surface area (TPSA) is 55.6 Å². The molecular formula is C15H21FN2O2. The second kappa shape index (κ2) is 5.31. The summed E-state index contributed by atoms with van der Waals surface area (Å²) < 4.78 is 19.5. The molecule has 1 aliphatic rings. The highest BCUT2D eigenvalue weighted by atomic mass is 19.1. The van der Waals surface area contributed by atoms with Gasteiger partial charge in [-0.15, -0.1) is 0 Å². The van der Waals surface area contributed by atoms with Gasteiger partial charge in [0.1, 0.15) is 11.8 Å². The van der Waals surface area contributed by atoms with Gasteiger partial charge in [-0.3, -0.25) is 4.90 Å². The van der Waals surface area contributed by atoms with Gasteiger partial charge < -0.3 is 10.5 Å². The maximum atomic E-state index is 14.2.